The maximum absolute atomic E-state index is 10.9. The second-order valence-electron chi connectivity index (χ2n) is 5.08. The summed E-state index contributed by atoms with van der Waals surface area (Å²) in [6, 6.07) is 5.27. The predicted molar refractivity (Wildman–Crippen MR) is 78.4 cm³/mol. The molecule has 0 heterocycles. The largest absolute Gasteiger partial charge is 0.383 e. The number of anilines is 1. The Kier molecular flexibility index (Phi) is 5.76. The summed E-state index contributed by atoms with van der Waals surface area (Å²) in [6.45, 7) is 9.34. The Morgan fingerprint density at radius 2 is 2.11 bits per heavy atom. The van der Waals surface area contributed by atoms with Gasteiger partial charge in [0.05, 0.1) is 4.92 Å². The normalized spacial score (nSPS) is 11.1. The topological polar surface area (TPSA) is 58.4 Å². The molecule has 1 aromatic carbocycles. The molecule has 0 atom stereocenters. The Balaban J connectivity index is 2.87. The van der Waals surface area contributed by atoms with Crippen LogP contribution in [0.3, 0.4) is 0 Å². The number of nitrogens with zero attached hydrogens (tertiary/aromatic N) is 2. The Morgan fingerprint density at radius 3 is 2.58 bits per heavy atom. The van der Waals surface area contributed by atoms with E-state index in [0.29, 0.717) is 11.6 Å². The molecule has 1 rings (SSSR count). The van der Waals surface area contributed by atoms with Crippen LogP contribution >= 0.6 is 0 Å². The predicted octanol–water partition coefficient (Wildman–Crippen LogP) is 3.11. The molecule has 0 amide bonds. The van der Waals surface area contributed by atoms with Gasteiger partial charge >= 0.3 is 0 Å². The van der Waals surface area contributed by atoms with Crippen molar-refractivity contribution in [3.05, 3.63) is 33.9 Å². The number of benzene rings is 1. The molecule has 0 aromatic heterocycles. The first-order valence-corrected chi connectivity index (χ1v) is 6.65. The first kappa shape index (κ1) is 15.4. The van der Waals surface area contributed by atoms with E-state index >= 15 is 0 Å². The van der Waals surface area contributed by atoms with Crippen LogP contribution in [0, 0.1) is 16.0 Å². The average Bonchev–Trinajstić information content (AvgIpc) is 2.36. The lowest BCUT2D eigenvalue weighted by molar-refractivity contribution is -0.384. The zero-order valence-electron chi connectivity index (χ0n) is 12.1. The summed E-state index contributed by atoms with van der Waals surface area (Å²) < 4.78 is 0. The molecular formula is C14H23N3O2. The molecule has 5 heteroatoms. The number of nitro groups is 1. The Hall–Kier alpha value is -1.62. The molecular weight excluding hydrogens is 242 g/mol. The lowest BCUT2D eigenvalue weighted by Gasteiger charge is -2.22. The first-order chi connectivity index (χ1) is 8.97. The minimum atomic E-state index is -0.360. The SMILES string of the molecule is CCN(Cc1ccc([N+](=O)[O-])c(NC)c1)CC(C)C. The van der Waals surface area contributed by atoms with Gasteiger partial charge in [-0.3, -0.25) is 15.0 Å². The van der Waals surface area contributed by atoms with E-state index < -0.39 is 0 Å². The number of hydrogen-bond acceptors (Lipinski definition) is 4. The van der Waals surface area contributed by atoms with Gasteiger partial charge in [-0.25, -0.2) is 0 Å². The lowest BCUT2D eigenvalue weighted by atomic mass is 10.1. The van der Waals surface area contributed by atoms with Gasteiger partial charge in [-0.2, -0.15) is 0 Å². The molecule has 5 nitrogen and oxygen atoms in total. The van der Waals surface area contributed by atoms with Gasteiger partial charge < -0.3 is 5.32 Å². The summed E-state index contributed by atoms with van der Waals surface area (Å²) in [5.74, 6) is 0.613. The van der Waals surface area contributed by atoms with Crippen molar-refractivity contribution in [2.75, 3.05) is 25.5 Å². The Bertz CT molecular complexity index is 433. The summed E-state index contributed by atoms with van der Waals surface area (Å²) in [6.07, 6.45) is 0. The lowest BCUT2D eigenvalue weighted by Crippen LogP contribution is -2.27. The fraction of sp³-hybridized carbons (Fsp3) is 0.571. The van der Waals surface area contributed by atoms with Gasteiger partial charge in [0, 0.05) is 26.2 Å². The quantitative estimate of drug-likeness (QED) is 0.608. The summed E-state index contributed by atoms with van der Waals surface area (Å²) in [7, 11) is 1.71. The van der Waals surface area contributed by atoms with Gasteiger partial charge in [0.25, 0.3) is 5.69 Å². The molecule has 0 radical (unpaired) electrons. The minimum Gasteiger partial charge on any atom is -0.383 e. The molecule has 0 aliphatic heterocycles. The van der Waals surface area contributed by atoms with Gasteiger partial charge in [0.2, 0.25) is 0 Å². The van der Waals surface area contributed by atoms with E-state index in [1.54, 1.807) is 13.1 Å². The van der Waals surface area contributed by atoms with Crippen LogP contribution in [0.25, 0.3) is 0 Å². The van der Waals surface area contributed by atoms with Gasteiger partial charge in [0.15, 0.2) is 0 Å². The number of hydrogen-bond donors (Lipinski definition) is 1. The van der Waals surface area contributed by atoms with Crippen LogP contribution in [-0.4, -0.2) is 30.0 Å². The van der Waals surface area contributed by atoms with E-state index in [1.165, 1.54) is 0 Å². The van der Waals surface area contributed by atoms with Crippen molar-refractivity contribution in [2.45, 2.75) is 27.3 Å². The van der Waals surface area contributed by atoms with Crippen LogP contribution in [0.5, 0.6) is 0 Å². The maximum Gasteiger partial charge on any atom is 0.292 e. The highest BCUT2D eigenvalue weighted by atomic mass is 16.6. The van der Waals surface area contributed by atoms with E-state index in [2.05, 4.69) is 31.0 Å². The van der Waals surface area contributed by atoms with Crippen molar-refractivity contribution in [1.82, 2.24) is 4.90 Å². The third-order valence-corrected chi connectivity index (χ3v) is 3.00. The molecule has 0 bridgehead atoms. The van der Waals surface area contributed by atoms with Crippen molar-refractivity contribution in [1.29, 1.82) is 0 Å². The highest BCUT2D eigenvalue weighted by Gasteiger charge is 2.14. The molecule has 1 N–H and O–H groups in total. The molecule has 0 saturated carbocycles. The second-order valence-corrected chi connectivity index (χ2v) is 5.08. The third kappa shape index (κ3) is 4.52. The van der Waals surface area contributed by atoms with Gasteiger partial charge in [0.1, 0.15) is 5.69 Å². The molecule has 0 spiro atoms. The first-order valence-electron chi connectivity index (χ1n) is 6.65. The fourth-order valence-corrected chi connectivity index (χ4v) is 2.12. The zero-order valence-corrected chi connectivity index (χ0v) is 12.1. The Labute approximate surface area is 114 Å². The van der Waals surface area contributed by atoms with Crippen molar-refractivity contribution < 1.29 is 4.92 Å². The molecule has 106 valence electrons. The van der Waals surface area contributed by atoms with Crippen LogP contribution in [0.2, 0.25) is 0 Å². The highest BCUT2D eigenvalue weighted by Crippen LogP contribution is 2.25. The fourth-order valence-electron chi connectivity index (χ4n) is 2.12. The van der Waals surface area contributed by atoms with Gasteiger partial charge in [-0.05, 0) is 24.1 Å². The van der Waals surface area contributed by atoms with Crippen LogP contribution in [0.1, 0.15) is 26.3 Å². The Morgan fingerprint density at radius 1 is 1.42 bits per heavy atom. The van der Waals surface area contributed by atoms with E-state index in [9.17, 15) is 10.1 Å². The van der Waals surface area contributed by atoms with E-state index in [-0.39, 0.29) is 10.6 Å². The van der Waals surface area contributed by atoms with E-state index in [1.807, 2.05) is 12.1 Å². The van der Waals surface area contributed by atoms with Crippen molar-refractivity contribution in [3.63, 3.8) is 0 Å². The molecule has 0 aliphatic rings. The van der Waals surface area contributed by atoms with Gasteiger partial charge in [-0.15, -0.1) is 0 Å². The third-order valence-electron chi connectivity index (χ3n) is 3.00. The number of nitrogens with one attached hydrogen (secondary N) is 1. The van der Waals surface area contributed by atoms with Crippen LogP contribution < -0.4 is 5.32 Å². The summed E-state index contributed by atoms with van der Waals surface area (Å²) >= 11 is 0. The average molecular weight is 265 g/mol. The summed E-state index contributed by atoms with van der Waals surface area (Å²) in [5, 5.41) is 13.8. The minimum absolute atomic E-state index is 0.123. The number of nitro benzene ring substituents is 1. The second kappa shape index (κ2) is 7.09. The monoisotopic (exact) mass is 265 g/mol. The molecule has 19 heavy (non-hydrogen) atoms. The maximum atomic E-state index is 10.9. The van der Waals surface area contributed by atoms with Crippen LogP contribution in [0.15, 0.2) is 18.2 Å². The molecule has 1 aromatic rings. The van der Waals surface area contributed by atoms with Gasteiger partial charge in [-0.1, -0.05) is 26.8 Å². The molecule has 0 saturated heterocycles. The molecule has 0 unspecified atom stereocenters. The van der Waals surface area contributed by atoms with Crippen molar-refractivity contribution in [3.8, 4) is 0 Å². The van der Waals surface area contributed by atoms with Crippen LogP contribution in [-0.2, 0) is 6.54 Å². The zero-order chi connectivity index (χ0) is 14.4. The summed E-state index contributed by atoms with van der Waals surface area (Å²) in [5.41, 5.74) is 1.79. The van der Waals surface area contributed by atoms with Crippen molar-refractivity contribution in [2.24, 2.45) is 5.92 Å². The van der Waals surface area contributed by atoms with Crippen molar-refractivity contribution >= 4 is 11.4 Å². The molecule has 0 fully saturated rings. The van der Waals surface area contributed by atoms with E-state index in [0.717, 1.165) is 25.2 Å². The summed E-state index contributed by atoms with van der Waals surface area (Å²) in [4.78, 5) is 12.8. The van der Waals surface area contributed by atoms with Crippen LogP contribution in [0.4, 0.5) is 11.4 Å². The highest BCUT2D eigenvalue weighted by molar-refractivity contribution is 5.62. The molecule has 0 aliphatic carbocycles. The standard InChI is InChI=1S/C14H23N3O2/c1-5-16(9-11(2)3)10-12-6-7-14(17(18)19)13(8-12)15-4/h6-8,11,15H,5,9-10H2,1-4H3. The number of rotatable bonds is 7. The smallest absolute Gasteiger partial charge is 0.292 e. The van der Waals surface area contributed by atoms with E-state index in [4.69, 9.17) is 0 Å².